The average Bonchev–Trinajstić information content (AvgIpc) is 2.40. The molecule has 1 fully saturated rings. The Morgan fingerprint density at radius 3 is 2.72 bits per heavy atom. The molecule has 0 aromatic heterocycles. The largest absolute Gasteiger partial charge is 0.378 e. The standard InChI is InChI=1S/C15H22ClNO/c1-2-17-15(11-14-5-3-4-10-18-14)12-6-8-13(16)9-7-12/h6-9,14-15,17H,2-5,10-11H2,1H3. The first kappa shape index (κ1) is 13.9. The van der Waals surface area contributed by atoms with Crippen molar-refractivity contribution in [3.05, 3.63) is 34.9 Å². The van der Waals surface area contributed by atoms with Crippen molar-refractivity contribution in [3.8, 4) is 0 Å². The number of hydrogen-bond donors (Lipinski definition) is 1. The molecule has 0 spiro atoms. The summed E-state index contributed by atoms with van der Waals surface area (Å²) in [6.07, 6.45) is 5.15. The van der Waals surface area contributed by atoms with Crippen LogP contribution in [0.15, 0.2) is 24.3 Å². The molecule has 0 amide bonds. The maximum atomic E-state index is 5.94. The van der Waals surface area contributed by atoms with Crippen LogP contribution in [-0.4, -0.2) is 19.3 Å². The van der Waals surface area contributed by atoms with E-state index in [0.717, 1.165) is 24.6 Å². The minimum absolute atomic E-state index is 0.371. The number of halogens is 1. The molecule has 0 radical (unpaired) electrons. The summed E-state index contributed by atoms with van der Waals surface area (Å²) in [6.45, 7) is 4.04. The van der Waals surface area contributed by atoms with Gasteiger partial charge in [0.2, 0.25) is 0 Å². The second-order valence-corrected chi connectivity index (χ2v) is 5.32. The Morgan fingerprint density at radius 1 is 1.33 bits per heavy atom. The summed E-state index contributed by atoms with van der Waals surface area (Å²) >= 11 is 5.94. The first-order valence-electron chi connectivity index (χ1n) is 6.90. The fourth-order valence-electron chi connectivity index (χ4n) is 2.53. The van der Waals surface area contributed by atoms with E-state index in [1.165, 1.54) is 24.8 Å². The van der Waals surface area contributed by atoms with Crippen molar-refractivity contribution in [1.82, 2.24) is 5.32 Å². The van der Waals surface area contributed by atoms with E-state index in [4.69, 9.17) is 16.3 Å². The number of ether oxygens (including phenoxy) is 1. The minimum Gasteiger partial charge on any atom is -0.378 e. The normalized spacial score (nSPS) is 21.8. The summed E-state index contributed by atoms with van der Waals surface area (Å²) in [4.78, 5) is 0. The summed E-state index contributed by atoms with van der Waals surface area (Å²) in [5.74, 6) is 0. The fourth-order valence-corrected chi connectivity index (χ4v) is 2.66. The van der Waals surface area contributed by atoms with E-state index >= 15 is 0 Å². The van der Waals surface area contributed by atoms with E-state index < -0.39 is 0 Å². The van der Waals surface area contributed by atoms with Crippen LogP contribution in [0.25, 0.3) is 0 Å². The SMILES string of the molecule is CCNC(CC1CCCCO1)c1ccc(Cl)cc1. The van der Waals surface area contributed by atoms with Crippen LogP contribution in [0.3, 0.4) is 0 Å². The number of hydrogen-bond acceptors (Lipinski definition) is 2. The second kappa shape index (κ2) is 7.13. The summed E-state index contributed by atoms with van der Waals surface area (Å²) in [5, 5.41) is 4.34. The van der Waals surface area contributed by atoms with Gasteiger partial charge in [-0.1, -0.05) is 30.7 Å². The van der Waals surface area contributed by atoms with Crippen LogP contribution >= 0.6 is 11.6 Å². The Labute approximate surface area is 115 Å². The van der Waals surface area contributed by atoms with E-state index in [1.807, 2.05) is 12.1 Å². The molecule has 1 N–H and O–H groups in total. The molecule has 1 saturated heterocycles. The monoisotopic (exact) mass is 267 g/mol. The van der Waals surface area contributed by atoms with Crippen LogP contribution in [0.1, 0.15) is 44.2 Å². The van der Waals surface area contributed by atoms with E-state index in [-0.39, 0.29) is 0 Å². The molecule has 100 valence electrons. The highest BCUT2D eigenvalue weighted by atomic mass is 35.5. The molecule has 2 rings (SSSR count). The second-order valence-electron chi connectivity index (χ2n) is 4.89. The molecule has 1 aliphatic rings. The molecule has 1 aromatic rings. The van der Waals surface area contributed by atoms with E-state index in [0.29, 0.717) is 12.1 Å². The molecule has 0 bridgehead atoms. The lowest BCUT2D eigenvalue weighted by Crippen LogP contribution is -2.28. The quantitative estimate of drug-likeness (QED) is 0.872. The average molecular weight is 268 g/mol. The van der Waals surface area contributed by atoms with Gasteiger partial charge in [-0.2, -0.15) is 0 Å². The van der Waals surface area contributed by atoms with Gasteiger partial charge in [-0.25, -0.2) is 0 Å². The topological polar surface area (TPSA) is 21.3 Å². The predicted octanol–water partition coefficient (Wildman–Crippen LogP) is 3.95. The third kappa shape index (κ3) is 3.98. The first-order chi connectivity index (χ1) is 8.79. The minimum atomic E-state index is 0.371. The van der Waals surface area contributed by atoms with Crippen LogP contribution in [0.5, 0.6) is 0 Å². The highest BCUT2D eigenvalue weighted by Gasteiger charge is 2.20. The number of rotatable bonds is 5. The van der Waals surface area contributed by atoms with Gasteiger partial charge in [0.25, 0.3) is 0 Å². The highest BCUT2D eigenvalue weighted by molar-refractivity contribution is 6.30. The van der Waals surface area contributed by atoms with Crippen LogP contribution in [0.4, 0.5) is 0 Å². The van der Waals surface area contributed by atoms with Crippen molar-refractivity contribution >= 4 is 11.6 Å². The Bertz CT molecular complexity index is 346. The lowest BCUT2D eigenvalue weighted by molar-refractivity contribution is 0.00514. The molecular formula is C15H22ClNO. The Hall–Kier alpha value is -0.570. The van der Waals surface area contributed by atoms with E-state index in [1.54, 1.807) is 0 Å². The summed E-state index contributed by atoms with van der Waals surface area (Å²) in [7, 11) is 0. The zero-order valence-electron chi connectivity index (χ0n) is 11.0. The van der Waals surface area contributed by atoms with Crippen LogP contribution in [0, 0.1) is 0 Å². The fraction of sp³-hybridized carbons (Fsp3) is 0.600. The zero-order chi connectivity index (χ0) is 12.8. The lowest BCUT2D eigenvalue weighted by atomic mass is 9.96. The van der Waals surface area contributed by atoms with Crippen molar-refractivity contribution in [2.75, 3.05) is 13.2 Å². The third-order valence-corrected chi connectivity index (χ3v) is 3.75. The Kier molecular flexibility index (Phi) is 5.48. The zero-order valence-corrected chi connectivity index (χ0v) is 11.7. The van der Waals surface area contributed by atoms with Gasteiger partial charge >= 0.3 is 0 Å². The maximum absolute atomic E-state index is 5.94. The Morgan fingerprint density at radius 2 is 2.11 bits per heavy atom. The Balaban J connectivity index is 2.00. The summed E-state index contributed by atoms with van der Waals surface area (Å²) < 4.78 is 5.83. The molecule has 18 heavy (non-hydrogen) atoms. The van der Waals surface area contributed by atoms with Crippen molar-refractivity contribution in [2.24, 2.45) is 0 Å². The van der Waals surface area contributed by atoms with Gasteiger partial charge in [0.1, 0.15) is 0 Å². The van der Waals surface area contributed by atoms with E-state index in [2.05, 4.69) is 24.4 Å². The van der Waals surface area contributed by atoms with Crippen molar-refractivity contribution < 1.29 is 4.74 Å². The highest BCUT2D eigenvalue weighted by Crippen LogP contribution is 2.25. The van der Waals surface area contributed by atoms with Gasteiger partial charge < -0.3 is 10.1 Å². The van der Waals surface area contributed by atoms with Gasteiger partial charge in [-0.15, -0.1) is 0 Å². The molecule has 2 atom stereocenters. The van der Waals surface area contributed by atoms with Gasteiger partial charge in [0, 0.05) is 17.7 Å². The van der Waals surface area contributed by atoms with E-state index in [9.17, 15) is 0 Å². The molecule has 2 unspecified atom stereocenters. The molecule has 0 aliphatic carbocycles. The van der Waals surface area contributed by atoms with Crippen LogP contribution in [-0.2, 0) is 4.74 Å². The summed E-state index contributed by atoms with van der Waals surface area (Å²) in [5.41, 5.74) is 1.30. The molecule has 1 aliphatic heterocycles. The maximum Gasteiger partial charge on any atom is 0.0593 e. The molecule has 3 heteroatoms. The molecule has 0 saturated carbocycles. The van der Waals surface area contributed by atoms with Crippen molar-refractivity contribution in [1.29, 1.82) is 0 Å². The van der Waals surface area contributed by atoms with Crippen LogP contribution in [0.2, 0.25) is 5.02 Å². The number of benzene rings is 1. The molecule has 1 aromatic carbocycles. The lowest BCUT2D eigenvalue weighted by Gasteiger charge is -2.27. The summed E-state index contributed by atoms with van der Waals surface area (Å²) in [6, 6.07) is 8.51. The van der Waals surface area contributed by atoms with Gasteiger partial charge in [-0.3, -0.25) is 0 Å². The van der Waals surface area contributed by atoms with Gasteiger partial charge in [0.15, 0.2) is 0 Å². The first-order valence-corrected chi connectivity index (χ1v) is 7.28. The molecule has 2 nitrogen and oxygen atoms in total. The van der Waals surface area contributed by atoms with Gasteiger partial charge in [-0.05, 0) is 49.9 Å². The molecule has 1 heterocycles. The van der Waals surface area contributed by atoms with Gasteiger partial charge in [0.05, 0.1) is 6.10 Å². The van der Waals surface area contributed by atoms with Crippen molar-refractivity contribution in [2.45, 2.75) is 44.8 Å². The smallest absolute Gasteiger partial charge is 0.0593 e. The number of nitrogens with one attached hydrogen (secondary N) is 1. The van der Waals surface area contributed by atoms with Crippen molar-refractivity contribution in [3.63, 3.8) is 0 Å². The molecular weight excluding hydrogens is 246 g/mol. The predicted molar refractivity (Wildman–Crippen MR) is 76.1 cm³/mol. The van der Waals surface area contributed by atoms with Crippen LogP contribution < -0.4 is 5.32 Å². The third-order valence-electron chi connectivity index (χ3n) is 3.50.